The van der Waals surface area contributed by atoms with E-state index in [1.807, 2.05) is 12.2 Å². The van der Waals surface area contributed by atoms with Gasteiger partial charge in [0.05, 0.1) is 24.1 Å². The van der Waals surface area contributed by atoms with Crippen LogP contribution in [0.1, 0.15) is 6.92 Å². The van der Waals surface area contributed by atoms with Gasteiger partial charge in [-0.3, -0.25) is 4.79 Å². The average Bonchev–Trinajstić information content (AvgIpc) is 3.09. The molecule has 3 aliphatic rings. The molecule has 0 bridgehead atoms. The molecular formula is C17H27ClN2O6S. The lowest BCUT2D eigenvalue weighted by molar-refractivity contribution is -0.205. The van der Waals surface area contributed by atoms with Crippen molar-refractivity contribution in [2.45, 2.75) is 60.3 Å². The van der Waals surface area contributed by atoms with Crippen LogP contribution in [-0.2, 0) is 14.3 Å². The Morgan fingerprint density at radius 2 is 2.07 bits per heavy atom. The van der Waals surface area contributed by atoms with Gasteiger partial charge in [-0.05, 0) is 13.2 Å². The number of carbonyl (C=O) groups is 1. The number of fused-ring (bicyclic) bond motifs is 1. The Bertz CT molecular complexity index is 566. The second-order valence-electron chi connectivity index (χ2n) is 7.16. The van der Waals surface area contributed by atoms with Crippen LogP contribution in [0.5, 0.6) is 0 Å². The Kier molecular flexibility index (Phi) is 7.07. The molecule has 10 heteroatoms. The number of aliphatic hydroxyl groups is 3. The van der Waals surface area contributed by atoms with Crippen molar-refractivity contribution < 1.29 is 29.6 Å². The van der Waals surface area contributed by atoms with Crippen LogP contribution in [0.15, 0.2) is 12.2 Å². The molecule has 0 spiro atoms. The van der Waals surface area contributed by atoms with Crippen LogP contribution in [-0.4, -0.2) is 94.1 Å². The van der Waals surface area contributed by atoms with E-state index in [2.05, 4.69) is 10.6 Å². The van der Waals surface area contributed by atoms with E-state index in [0.29, 0.717) is 13.2 Å². The normalized spacial score (nSPS) is 43.8. The van der Waals surface area contributed by atoms with E-state index in [1.54, 1.807) is 13.2 Å². The van der Waals surface area contributed by atoms with Gasteiger partial charge in [-0.15, -0.1) is 23.4 Å². The molecule has 0 aromatic heterocycles. The lowest BCUT2D eigenvalue weighted by atomic mass is 9.92. The van der Waals surface area contributed by atoms with Crippen LogP contribution in [0, 0.1) is 5.92 Å². The van der Waals surface area contributed by atoms with Crippen LogP contribution in [0.2, 0.25) is 0 Å². The number of alkyl halides is 1. The summed E-state index contributed by atoms with van der Waals surface area (Å²) in [5.41, 5.74) is -0.732. The van der Waals surface area contributed by atoms with Crippen molar-refractivity contribution in [2.24, 2.45) is 5.92 Å². The summed E-state index contributed by atoms with van der Waals surface area (Å²) in [6, 6.07) is -1.29. The number of amides is 1. The highest BCUT2D eigenvalue weighted by molar-refractivity contribution is 7.99. The zero-order chi connectivity index (χ0) is 19.7. The number of aliphatic hydroxyl groups excluding tert-OH is 3. The van der Waals surface area contributed by atoms with E-state index in [9.17, 15) is 20.1 Å². The van der Waals surface area contributed by atoms with Crippen molar-refractivity contribution in [3.05, 3.63) is 12.2 Å². The molecule has 3 rings (SSSR count). The molecule has 1 amide bonds. The van der Waals surface area contributed by atoms with Gasteiger partial charge in [0.1, 0.15) is 35.9 Å². The van der Waals surface area contributed by atoms with Crippen LogP contribution < -0.4 is 10.6 Å². The first-order valence-corrected chi connectivity index (χ1v) is 10.8. The van der Waals surface area contributed by atoms with Gasteiger partial charge in [0, 0.05) is 12.5 Å². The average molecular weight is 423 g/mol. The third kappa shape index (κ3) is 4.30. The van der Waals surface area contributed by atoms with Crippen molar-refractivity contribution in [1.29, 1.82) is 0 Å². The standard InChI is InChI=1S/C17H27ClN2O6S/c1-7(18)9(15-12(22)11(21)13(23)17(26-15)27-2)20-16(24)10-14-8(6-19-10)4-3-5-25-14/h3-4,7-15,17,19,21-23H,5-6H2,1-2H3,(H,20,24)/t7-,8-,9+,10-,11?,12?,13?,14?,15?,17?/m0/s1. The topological polar surface area (TPSA) is 120 Å². The summed E-state index contributed by atoms with van der Waals surface area (Å²) in [5, 5.41) is 36.0. The van der Waals surface area contributed by atoms with E-state index in [4.69, 9.17) is 21.1 Å². The lowest BCUT2D eigenvalue weighted by Gasteiger charge is -2.44. The number of hydrogen-bond acceptors (Lipinski definition) is 8. The fourth-order valence-electron chi connectivity index (χ4n) is 3.86. The van der Waals surface area contributed by atoms with Gasteiger partial charge in [-0.1, -0.05) is 12.2 Å². The second kappa shape index (κ2) is 8.96. The summed E-state index contributed by atoms with van der Waals surface area (Å²) in [4.78, 5) is 12.9. The number of halogens is 1. The van der Waals surface area contributed by atoms with E-state index in [-0.39, 0.29) is 17.9 Å². The maximum Gasteiger partial charge on any atom is 0.240 e. The van der Waals surface area contributed by atoms with Crippen molar-refractivity contribution >= 4 is 29.3 Å². The third-order valence-corrected chi connectivity index (χ3v) is 6.50. The van der Waals surface area contributed by atoms with Gasteiger partial charge < -0.3 is 35.4 Å². The summed E-state index contributed by atoms with van der Waals surface area (Å²) in [7, 11) is 0. The number of thioether (sulfide) groups is 1. The largest absolute Gasteiger partial charge is 0.388 e. The Morgan fingerprint density at radius 3 is 2.74 bits per heavy atom. The van der Waals surface area contributed by atoms with Crippen LogP contribution >= 0.6 is 23.4 Å². The third-order valence-electron chi connectivity index (χ3n) is 5.37. The lowest BCUT2D eigenvalue weighted by Crippen LogP contribution is -2.65. The SMILES string of the molecule is CSC1OC([C@H](NC(=O)[C@H]2NC[C@@H]3C=CCOC23)[C@H](C)Cl)C(O)C(O)C1O. The molecule has 2 saturated heterocycles. The van der Waals surface area contributed by atoms with Gasteiger partial charge in [0.25, 0.3) is 0 Å². The molecule has 3 heterocycles. The van der Waals surface area contributed by atoms with Crippen LogP contribution in [0.4, 0.5) is 0 Å². The summed E-state index contributed by atoms with van der Waals surface area (Å²) in [6.07, 6.45) is 0.493. The zero-order valence-electron chi connectivity index (χ0n) is 15.2. The number of ether oxygens (including phenoxy) is 2. The Hall–Kier alpha value is -0.390. The van der Waals surface area contributed by atoms with Crippen molar-refractivity contribution in [1.82, 2.24) is 10.6 Å². The molecule has 3 aliphatic heterocycles. The highest BCUT2D eigenvalue weighted by Gasteiger charge is 2.49. The molecule has 0 saturated carbocycles. The second-order valence-corrected chi connectivity index (χ2v) is 8.79. The summed E-state index contributed by atoms with van der Waals surface area (Å²) < 4.78 is 11.5. The monoisotopic (exact) mass is 422 g/mol. The van der Waals surface area contributed by atoms with Gasteiger partial charge in [0.2, 0.25) is 5.91 Å². The Labute approximate surface area is 167 Å². The first kappa shape index (κ1) is 21.3. The molecule has 5 N–H and O–H groups in total. The molecule has 27 heavy (non-hydrogen) atoms. The van der Waals surface area contributed by atoms with Crippen molar-refractivity contribution in [3.63, 3.8) is 0 Å². The Morgan fingerprint density at radius 1 is 1.33 bits per heavy atom. The molecule has 2 fully saturated rings. The zero-order valence-corrected chi connectivity index (χ0v) is 16.8. The minimum Gasteiger partial charge on any atom is -0.388 e. The smallest absolute Gasteiger partial charge is 0.240 e. The minimum atomic E-state index is -1.39. The maximum atomic E-state index is 12.9. The number of carbonyl (C=O) groups excluding carboxylic acids is 1. The van der Waals surface area contributed by atoms with Crippen molar-refractivity contribution in [3.8, 4) is 0 Å². The van der Waals surface area contributed by atoms with Gasteiger partial charge in [0.15, 0.2) is 0 Å². The molecule has 10 atom stereocenters. The number of hydrogen-bond donors (Lipinski definition) is 5. The summed E-state index contributed by atoms with van der Waals surface area (Å²) >= 11 is 7.50. The minimum absolute atomic E-state index is 0.135. The van der Waals surface area contributed by atoms with E-state index in [1.165, 1.54) is 11.8 Å². The first-order valence-electron chi connectivity index (χ1n) is 9.03. The molecule has 6 unspecified atom stereocenters. The van der Waals surface area contributed by atoms with Crippen LogP contribution in [0.3, 0.4) is 0 Å². The number of rotatable bonds is 5. The van der Waals surface area contributed by atoms with Gasteiger partial charge in [-0.25, -0.2) is 0 Å². The first-order chi connectivity index (χ1) is 12.8. The fourth-order valence-corrected chi connectivity index (χ4v) is 4.74. The molecule has 0 aromatic carbocycles. The van der Waals surface area contributed by atoms with E-state index < -0.39 is 47.3 Å². The molecule has 8 nitrogen and oxygen atoms in total. The summed E-state index contributed by atoms with van der Waals surface area (Å²) in [5.74, 6) is -0.164. The molecule has 0 radical (unpaired) electrons. The van der Waals surface area contributed by atoms with Crippen LogP contribution in [0.25, 0.3) is 0 Å². The van der Waals surface area contributed by atoms with E-state index >= 15 is 0 Å². The quantitative estimate of drug-likeness (QED) is 0.277. The highest BCUT2D eigenvalue weighted by atomic mass is 35.5. The highest BCUT2D eigenvalue weighted by Crippen LogP contribution is 2.30. The predicted octanol–water partition coefficient (Wildman–Crippen LogP) is -1.19. The molecule has 0 aliphatic carbocycles. The van der Waals surface area contributed by atoms with Gasteiger partial charge >= 0.3 is 0 Å². The molecule has 0 aromatic rings. The summed E-state index contributed by atoms with van der Waals surface area (Å²) in [6.45, 7) is 2.78. The molecule has 154 valence electrons. The maximum absolute atomic E-state index is 12.9. The van der Waals surface area contributed by atoms with Crippen molar-refractivity contribution in [2.75, 3.05) is 19.4 Å². The van der Waals surface area contributed by atoms with E-state index in [0.717, 1.165) is 0 Å². The number of nitrogens with one attached hydrogen (secondary N) is 2. The molecular weight excluding hydrogens is 396 g/mol. The predicted molar refractivity (Wildman–Crippen MR) is 102 cm³/mol. The fraction of sp³-hybridized carbons (Fsp3) is 0.824. The Balaban J connectivity index is 1.72. The van der Waals surface area contributed by atoms with Gasteiger partial charge in [-0.2, -0.15) is 0 Å².